The van der Waals surface area contributed by atoms with Gasteiger partial charge in [-0.1, -0.05) is 52.4 Å². The van der Waals surface area contributed by atoms with Crippen LogP contribution < -0.4 is 0 Å². The van der Waals surface area contributed by atoms with E-state index in [0.717, 1.165) is 6.42 Å². The second-order valence-electron chi connectivity index (χ2n) is 3.66. The molecule has 0 N–H and O–H groups in total. The standard InChI is InChI=1S/C8H18.C5H5.Mn/c1-3-5-7-8-6-4-2;1-2-4-5-3-1;/h3-8H2,1-2H3;1-3H,4H2;. The molecule has 0 amide bonds. The Bertz CT molecular complexity index is 162. The Morgan fingerprint density at radius 1 is 1.07 bits per heavy atom. The van der Waals surface area contributed by atoms with Crippen LogP contribution in [0.15, 0.2) is 22.7 Å². The zero-order valence-corrected chi connectivity index (χ0v) is 10.7. The summed E-state index contributed by atoms with van der Waals surface area (Å²) in [6.07, 6.45) is 15.8. The van der Waals surface area contributed by atoms with Gasteiger partial charge >= 0.3 is 45.1 Å². The van der Waals surface area contributed by atoms with Crippen LogP contribution in [-0.4, -0.2) is 0 Å². The maximum atomic E-state index is 3.34. The van der Waals surface area contributed by atoms with Gasteiger partial charge in [0.25, 0.3) is 0 Å². The first-order chi connectivity index (χ1) is 6.81. The SMILES string of the molecule is CCCCCCCC.[Mn][C]1=CC=CC1. The third-order valence-electron chi connectivity index (χ3n) is 2.18. The predicted octanol–water partition coefficient (Wildman–Crippen LogP) is 4.74. The number of allylic oxidation sites excluding steroid dienone is 4. The van der Waals surface area contributed by atoms with Crippen molar-refractivity contribution >= 4 is 0 Å². The molecule has 0 nitrogen and oxygen atoms in total. The summed E-state index contributed by atoms with van der Waals surface area (Å²) in [7, 11) is 0. The van der Waals surface area contributed by atoms with Crippen LogP contribution >= 0.6 is 0 Å². The Labute approximate surface area is 97.7 Å². The zero-order valence-electron chi connectivity index (χ0n) is 9.56. The van der Waals surface area contributed by atoms with Crippen molar-refractivity contribution in [2.24, 2.45) is 0 Å². The molecule has 1 aliphatic rings. The molecule has 0 aromatic heterocycles. The Morgan fingerprint density at radius 2 is 1.64 bits per heavy atom. The second-order valence-corrected chi connectivity index (χ2v) is 4.42. The Hall–Kier alpha value is -0.000519. The van der Waals surface area contributed by atoms with Gasteiger partial charge in [-0.25, -0.2) is 0 Å². The molecule has 0 aromatic carbocycles. The van der Waals surface area contributed by atoms with Gasteiger partial charge in [-0.15, -0.1) is 0 Å². The molecule has 0 atom stereocenters. The van der Waals surface area contributed by atoms with Crippen LogP contribution in [0.3, 0.4) is 0 Å². The third kappa shape index (κ3) is 10.1. The fraction of sp³-hybridized carbons (Fsp3) is 0.692. The maximum absolute atomic E-state index is 3.34. The molecule has 1 aliphatic carbocycles. The molecule has 0 unspecified atom stereocenters. The molecule has 14 heavy (non-hydrogen) atoms. The van der Waals surface area contributed by atoms with Crippen LogP contribution in [0, 0.1) is 0 Å². The van der Waals surface area contributed by atoms with E-state index in [1.165, 1.54) is 43.0 Å². The van der Waals surface area contributed by atoms with Gasteiger partial charge in [0.05, 0.1) is 0 Å². The molecule has 0 spiro atoms. The van der Waals surface area contributed by atoms with E-state index in [9.17, 15) is 0 Å². The summed E-state index contributed by atoms with van der Waals surface area (Å²) in [5.41, 5.74) is 0. The molecule has 82 valence electrons. The van der Waals surface area contributed by atoms with Crippen molar-refractivity contribution in [3.63, 3.8) is 0 Å². The van der Waals surface area contributed by atoms with Gasteiger partial charge in [0.1, 0.15) is 0 Å². The molecule has 1 heteroatoms. The number of hydrogen-bond donors (Lipinski definition) is 0. The van der Waals surface area contributed by atoms with Gasteiger partial charge in [-0.05, 0) is 0 Å². The van der Waals surface area contributed by atoms with Crippen molar-refractivity contribution in [1.82, 2.24) is 0 Å². The minimum atomic E-state index is 1.08. The van der Waals surface area contributed by atoms with E-state index >= 15 is 0 Å². The molecule has 0 aromatic rings. The van der Waals surface area contributed by atoms with Gasteiger partial charge in [0.2, 0.25) is 0 Å². The quantitative estimate of drug-likeness (QED) is 0.476. The van der Waals surface area contributed by atoms with E-state index in [1.54, 1.807) is 0 Å². The first kappa shape index (κ1) is 14.0. The summed E-state index contributed by atoms with van der Waals surface area (Å²) in [6, 6.07) is 0. The molecule has 0 bridgehead atoms. The minimum absolute atomic E-state index is 1.08. The first-order valence-corrected chi connectivity index (χ1v) is 6.41. The number of rotatable bonds is 5. The summed E-state index contributed by atoms with van der Waals surface area (Å²) in [6.45, 7) is 4.51. The zero-order chi connectivity index (χ0) is 10.6. The van der Waals surface area contributed by atoms with Gasteiger partial charge in [0.15, 0.2) is 0 Å². The van der Waals surface area contributed by atoms with Crippen LogP contribution in [0.25, 0.3) is 0 Å². The van der Waals surface area contributed by atoms with Crippen molar-refractivity contribution in [2.45, 2.75) is 58.8 Å². The van der Waals surface area contributed by atoms with Crippen LogP contribution in [0.2, 0.25) is 0 Å². The predicted molar refractivity (Wildman–Crippen MR) is 60.9 cm³/mol. The van der Waals surface area contributed by atoms with Crippen molar-refractivity contribution in [1.29, 1.82) is 0 Å². The summed E-state index contributed by atoms with van der Waals surface area (Å²) in [5, 5.41) is 0. The first-order valence-electron chi connectivity index (χ1n) is 5.82. The van der Waals surface area contributed by atoms with Gasteiger partial charge in [-0.2, -0.15) is 0 Å². The van der Waals surface area contributed by atoms with Crippen molar-refractivity contribution in [3.8, 4) is 0 Å². The van der Waals surface area contributed by atoms with Crippen molar-refractivity contribution in [2.75, 3.05) is 0 Å². The fourth-order valence-corrected chi connectivity index (χ4v) is 1.53. The Kier molecular flexibility index (Phi) is 11.1. The molecular formula is C13H23Mn. The van der Waals surface area contributed by atoms with E-state index < -0.39 is 0 Å². The van der Waals surface area contributed by atoms with Crippen molar-refractivity contribution in [3.05, 3.63) is 22.7 Å². The van der Waals surface area contributed by atoms with Crippen LogP contribution in [0.1, 0.15) is 58.8 Å². The van der Waals surface area contributed by atoms with E-state index in [4.69, 9.17) is 0 Å². The summed E-state index contributed by atoms with van der Waals surface area (Å²) < 4.78 is 1.28. The topological polar surface area (TPSA) is 0 Å². The fourth-order valence-electron chi connectivity index (χ4n) is 1.27. The monoisotopic (exact) mass is 234 g/mol. The van der Waals surface area contributed by atoms with E-state index in [-0.39, 0.29) is 0 Å². The van der Waals surface area contributed by atoms with E-state index in [1.807, 2.05) is 6.08 Å². The molecular weight excluding hydrogens is 211 g/mol. The van der Waals surface area contributed by atoms with Gasteiger partial charge in [0, 0.05) is 0 Å². The van der Waals surface area contributed by atoms with Gasteiger partial charge < -0.3 is 0 Å². The molecule has 0 saturated carbocycles. The van der Waals surface area contributed by atoms with E-state index in [2.05, 4.69) is 42.0 Å². The molecule has 0 saturated heterocycles. The molecule has 0 aliphatic heterocycles. The van der Waals surface area contributed by atoms with Crippen LogP contribution in [0.4, 0.5) is 0 Å². The Balaban J connectivity index is 0.000000249. The second kappa shape index (κ2) is 11.1. The molecule has 0 radical (unpaired) electrons. The number of hydrogen-bond acceptors (Lipinski definition) is 0. The van der Waals surface area contributed by atoms with Crippen molar-refractivity contribution < 1.29 is 16.0 Å². The molecule has 0 fully saturated rings. The Morgan fingerprint density at radius 3 is 1.86 bits per heavy atom. The average Bonchev–Trinajstić information content (AvgIpc) is 2.65. The normalized spacial score (nSPS) is 13.5. The molecule has 0 heterocycles. The average molecular weight is 234 g/mol. The van der Waals surface area contributed by atoms with Gasteiger partial charge in [-0.3, -0.25) is 0 Å². The van der Waals surface area contributed by atoms with E-state index in [0.29, 0.717) is 0 Å². The van der Waals surface area contributed by atoms with Crippen LogP contribution in [-0.2, 0) is 16.0 Å². The van der Waals surface area contributed by atoms with Crippen LogP contribution in [0.5, 0.6) is 0 Å². The summed E-state index contributed by atoms with van der Waals surface area (Å²) in [5.74, 6) is 0. The summed E-state index contributed by atoms with van der Waals surface area (Å²) >= 11 is 3.34. The number of unbranched alkanes of at least 4 members (excludes halogenated alkanes) is 5. The summed E-state index contributed by atoms with van der Waals surface area (Å²) in [4.78, 5) is 0. The molecule has 1 rings (SSSR count). The third-order valence-corrected chi connectivity index (χ3v) is 2.62.